The van der Waals surface area contributed by atoms with Crippen LogP contribution in [0.25, 0.3) is 10.9 Å². The number of benzene rings is 1. The number of esters is 1. The summed E-state index contributed by atoms with van der Waals surface area (Å²) in [6.45, 7) is 0.186. The second kappa shape index (κ2) is 7.47. The maximum absolute atomic E-state index is 12.4. The Morgan fingerprint density at radius 2 is 1.74 bits per heavy atom. The van der Waals surface area contributed by atoms with Gasteiger partial charge in [-0.3, -0.25) is 19.3 Å². The van der Waals surface area contributed by atoms with Gasteiger partial charge in [0.25, 0.3) is 0 Å². The van der Waals surface area contributed by atoms with Gasteiger partial charge in [-0.2, -0.15) is 0 Å². The highest BCUT2D eigenvalue weighted by Gasteiger charge is 2.47. The first kappa shape index (κ1) is 17.6. The van der Waals surface area contributed by atoms with Crippen molar-refractivity contribution in [2.45, 2.75) is 38.7 Å². The third kappa shape index (κ3) is 3.56. The first-order chi connectivity index (χ1) is 13.1. The van der Waals surface area contributed by atoms with Crippen LogP contribution in [0, 0.1) is 11.8 Å². The molecular formula is C21H22N2O4. The summed E-state index contributed by atoms with van der Waals surface area (Å²) < 4.78 is 5.28. The van der Waals surface area contributed by atoms with Gasteiger partial charge in [0.15, 0.2) is 0 Å². The predicted octanol–water partition coefficient (Wildman–Crippen LogP) is 2.84. The Hall–Kier alpha value is -2.76. The molecule has 1 aromatic carbocycles. The minimum atomic E-state index is -0.430. The van der Waals surface area contributed by atoms with Crippen LogP contribution in [0.1, 0.15) is 37.8 Å². The van der Waals surface area contributed by atoms with Gasteiger partial charge in [0.2, 0.25) is 11.8 Å². The Kier molecular flexibility index (Phi) is 4.88. The zero-order valence-electron chi connectivity index (χ0n) is 15.1. The van der Waals surface area contributed by atoms with Crippen LogP contribution in [0.2, 0.25) is 0 Å². The van der Waals surface area contributed by atoms with Crippen LogP contribution in [-0.4, -0.2) is 34.2 Å². The lowest BCUT2D eigenvalue weighted by molar-refractivity contribution is -0.146. The molecule has 2 aromatic rings. The van der Waals surface area contributed by atoms with Gasteiger partial charge < -0.3 is 4.74 Å². The Morgan fingerprint density at radius 1 is 1.04 bits per heavy atom. The van der Waals surface area contributed by atoms with Gasteiger partial charge in [-0.1, -0.05) is 37.1 Å². The summed E-state index contributed by atoms with van der Waals surface area (Å²) in [7, 11) is 0. The topological polar surface area (TPSA) is 76.6 Å². The minimum absolute atomic E-state index is 0.0184. The quantitative estimate of drug-likeness (QED) is 0.601. The number of ether oxygens (including phenoxy) is 1. The number of pyridine rings is 1. The Labute approximate surface area is 157 Å². The van der Waals surface area contributed by atoms with E-state index in [-0.39, 0.29) is 43.2 Å². The summed E-state index contributed by atoms with van der Waals surface area (Å²) in [5.74, 6) is -1.02. The van der Waals surface area contributed by atoms with E-state index in [1.807, 2.05) is 36.4 Å². The maximum Gasteiger partial charge on any atom is 0.307 e. The number of nitrogens with zero attached hydrogens (tertiary/aromatic N) is 2. The van der Waals surface area contributed by atoms with E-state index in [9.17, 15) is 14.4 Å². The molecule has 2 amide bonds. The molecule has 0 N–H and O–H groups in total. The Morgan fingerprint density at radius 3 is 2.48 bits per heavy atom. The monoisotopic (exact) mass is 366 g/mol. The molecule has 1 aliphatic heterocycles. The lowest BCUT2D eigenvalue weighted by Gasteiger charge is -2.19. The largest absolute Gasteiger partial charge is 0.459 e. The molecule has 2 heterocycles. The summed E-state index contributed by atoms with van der Waals surface area (Å²) in [6, 6.07) is 11.5. The summed E-state index contributed by atoms with van der Waals surface area (Å²) >= 11 is 0. The van der Waals surface area contributed by atoms with Gasteiger partial charge in [-0.15, -0.1) is 0 Å². The fourth-order valence-electron chi connectivity index (χ4n) is 4.07. The molecule has 1 saturated heterocycles. The molecule has 6 nitrogen and oxygen atoms in total. The van der Waals surface area contributed by atoms with Crippen molar-refractivity contribution in [2.24, 2.45) is 11.8 Å². The molecular weight excluding hydrogens is 344 g/mol. The van der Waals surface area contributed by atoms with Crippen LogP contribution in [0.15, 0.2) is 36.4 Å². The standard InChI is InChI=1S/C21H22N2O4/c24-19(27-13-15-10-9-14-5-1-4-8-18(14)22-15)11-12-23-20(25)16-6-2-3-7-17(16)21(23)26/h1,4-5,8-10,16-17H,2-3,6-7,11-13H2/t16-,17+. The fraction of sp³-hybridized carbons (Fsp3) is 0.429. The number of para-hydroxylation sites is 1. The van der Waals surface area contributed by atoms with Crippen molar-refractivity contribution in [2.75, 3.05) is 6.54 Å². The van der Waals surface area contributed by atoms with Crippen molar-refractivity contribution in [3.63, 3.8) is 0 Å². The van der Waals surface area contributed by atoms with Crippen molar-refractivity contribution < 1.29 is 19.1 Å². The lowest BCUT2D eigenvalue weighted by atomic mass is 9.81. The van der Waals surface area contributed by atoms with Crippen LogP contribution >= 0.6 is 0 Å². The van der Waals surface area contributed by atoms with Crippen LogP contribution < -0.4 is 0 Å². The van der Waals surface area contributed by atoms with Crippen LogP contribution in [0.3, 0.4) is 0 Å². The van der Waals surface area contributed by atoms with Crippen LogP contribution in [-0.2, 0) is 25.7 Å². The molecule has 1 saturated carbocycles. The molecule has 6 heteroatoms. The third-order valence-corrected chi connectivity index (χ3v) is 5.51. The van der Waals surface area contributed by atoms with Crippen molar-refractivity contribution >= 4 is 28.7 Å². The minimum Gasteiger partial charge on any atom is -0.459 e. The third-order valence-electron chi connectivity index (χ3n) is 5.51. The highest BCUT2D eigenvalue weighted by Crippen LogP contribution is 2.37. The van der Waals surface area contributed by atoms with Crippen molar-refractivity contribution in [1.82, 2.24) is 9.88 Å². The van der Waals surface area contributed by atoms with Crippen LogP contribution in [0.5, 0.6) is 0 Å². The highest BCUT2D eigenvalue weighted by atomic mass is 16.5. The van der Waals surface area contributed by atoms with Crippen molar-refractivity contribution in [3.05, 3.63) is 42.1 Å². The van der Waals surface area contributed by atoms with Gasteiger partial charge >= 0.3 is 5.97 Å². The van der Waals surface area contributed by atoms with Crippen LogP contribution in [0.4, 0.5) is 0 Å². The van der Waals surface area contributed by atoms with E-state index in [1.165, 1.54) is 4.90 Å². The molecule has 2 atom stereocenters. The van der Waals surface area contributed by atoms with E-state index in [0.717, 1.165) is 36.6 Å². The number of hydrogen-bond acceptors (Lipinski definition) is 5. The number of imide groups is 1. The number of aromatic nitrogens is 1. The average Bonchev–Trinajstić information content (AvgIpc) is 2.95. The second-order valence-corrected chi connectivity index (χ2v) is 7.23. The Bertz CT molecular complexity index is 871. The van der Waals surface area contributed by atoms with Gasteiger partial charge in [0.05, 0.1) is 29.5 Å². The molecule has 2 fully saturated rings. The van der Waals surface area contributed by atoms with Gasteiger partial charge in [-0.05, 0) is 25.0 Å². The molecule has 0 bridgehead atoms. The predicted molar refractivity (Wildman–Crippen MR) is 98.3 cm³/mol. The molecule has 27 heavy (non-hydrogen) atoms. The summed E-state index contributed by atoms with van der Waals surface area (Å²) in [5, 5.41) is 1.03. The molecule has 0 radical (unpaired) electrons. The number of hydrogen-bond donors (Lipinski definition) is 0. The van der Waals surface area contributed by atoms with E-state index >= 15 is 0 Å². The Balaban J connectivity index is 1.30. The molecule has 2 aliphatic rings. The molecule has 1 aromatic heterocycles. The smallest absolute Gasteiger partial charge is 0.307 e. The number of rotatable bonds is 5. The number of carbonyl (C=O) groups excluding carboxylic acids is 3. The number of fused-ring (bicyclic) bond motifs is 2. The number of carbonyl (C=O) groups is 3. The zero-order valence-corrected chi connectivity index (χ0v) is 15.1. The molecule has 4 rings (SSSR count). The lowest BCUT2D eigenvalue weighted by Crippen LogP contribution is -2.33. The van der Waals surface area contributed by atoms with Crippen molar-refractivity contribution in [1.29, 1.82) is 0 Å². The van der Waals surface area contributed by atoms with Gasteiger partial charge in [-0.25, -0.2) is 4.98 Å². The first-order valence-corrected chi connectivity index (χ1v) is 9.49. The van der Waals surface area contributed by atoms with E-state index in [4.69, 9.17) is 4.74 Å². The normalized spacial score (nSPS) is 22.1. The second-order valence-electron chi connectivity index (χ2n) is 7.23. The summed E-state index contributed by atoms with van der Waals surface area (Å²) in [6.07, 6.45) is 3.57. The summed E-state index contributed by atoms with van der Waals surface area (Å²) in [5.41, 5.74) is 1.52. The summed E-state index contributed by atoms with van der Waals surface area (Å²) in [4.78, 5) is 42.6. The fourth-order valence-corrected chi connectivity index (χ4v) is 4.07. The van der Waals surface area contributed by atoms with Gasteiger partial charge in [0, 0.05) is 11.9 Å². The first-order valence-electron chi connectivity index (χ1n) is 9.49. The van der Waals surface area contributed by atoms with Gasteiger partial charge in [0.1, 0.15) is 6.61 Å². The van der Waals surface area contributed by atoms with E-state index in [0.29, 0.717) is 5.69 Å². The number of likely N-dealkylation sites (tertiary alicyclic amines) is 1. The molecule has 0 unspecified atom stereocenters. The zero-order chi connectivity index (χ0) is 18.8. The average molecular weight is 366 g/mol. The molecule has 1 aliphatic carbocycles. The molecule has 0 spiro atoms. The van der Waals surface area contributed by atoms with E-state index in [2.05, 4.69) is 4.98 Å². The maximum atomic E-state index is 12.4. The SMILES string of the molecule is O=C(CCN1C(=O)[C@H]2CCCC[C@H]2C1=O)OCc1ccc2ccccc2n1. The molecule has 140 valence electrons. The van der Waals surface area contributed by atoms with E-state index in [1.54, 1.807) is 0 Å². The highest BCUT2D eigenvalue weighted by molar-refractivity contribution is 6.05. The van der Waals surface area contributed by atoms with Crippen molar-refractivity contribution in [3.8, 4) is 0 Å². The van der Waals surface area contributed by atoms with E-state index < -0.39 is 5.97 Å². The number of amides is 2.